The molecule has 0 aliphatic heterocycles. The van der Waals surface area contributed by atoms with Gasteiger partial charge in [-0.05, 0) is 47.4 Å². The average molecular weight is 549 g/mol. The second kappa shape index (κ2) is 11.0. The molecule has 0 spiro atoms. The van der Waals surface area contributed by atoms with Gasteiger partial charge < -0.3 is 10.6 Å². The number of hydrogen-bond acceptors (Lipinski definition) is 8. The van der Waals surface area contributed by atoms with Crippen LogP contribution in [0.15, 0.2) is 73.3 Å². The molecule has 0 saturated heterocycles. The van der Waals surface area contributed by atoms with E-state index in [9.17, 15) is 11.9 Å². The molecule has 0 radical (unpaired) electrons. The molecule has 2 aromatic carbocycles. The van der Waals surface area contributed by atoms with Gasteiger partial charge in [0.1, 0.15) is 11.8 Å². The Balaban J connectivity index is 1.65. The van der Waals surface area contributed by atoms with Gasteiger partial charge in [-0.2, -0.15) is 10.5 Å². The highest BCUT2D eigenvalue weighted by molar-refractivity contribution is 6.35. The molecule has 0 bridgehead atoms. The van der Waals surface area contributed by atoms with Crippen LogP contribution in [0.4, 0.5) is 11.4 Å². The Bertz CT molecular complexity index is 1820. The van der Waals surface area contributed by atoms with Crippen LogP contribution in [0.3, 0.4) is 0 Å². The summed E-state index contributed by atoms with van der Waals surface area (Å²) in [6.07, 6.45) is 6.45. The first kappa shape index (κ1) is 25.3. The van der Waals surface area contributed by atoms with Gasteiger partial charge in [0.25, 0.3) is 0 Å². The Kier molecular flexibility index (Phi) is 6.96. The number of nitrogens with zero attached hydrogens (tertiary/aromatic N) is 7. The maximum absolute atomic E-state index is 9.82. The fraction of sp³-hybridized carbons (Fsp3) is 0.200. The molecule has 0 amide bonds. The van der Waals surface area contributed by atoms with Crippen LogP contribution in [0.5, 0.6) is 0 Å². The van der Waals surface area contributed by atoms with Gasteiger partial charge in [-0.25, -0.2) is 4.68 Å². The smallest absolute Gasteiger partial charge is 0.110 e. The lowest BCUT2D eigenvalue weighted by Gasteiger charge is -2.22. The third-order valence-corrected chi connectivity index (χ3v) is 6.34. The van der Waals surface area contributed by atoms with Crippen molar-refractivity contribution < 1.29 is 1.37 Å². The minimum Gasteiger partial charge on any atom is -0.383 e. The minimum absolute atomic E-state index is 0.0514. The van der Waals surface area contributed by atoms with E-state index in [1.807, 2.05) is 12.1 Å². The summed E-state index contributed by atoms with van der Waals surface area (Å²) in [4.78, 5) is 8.57. The van der Waals surface area contributed by atoms with Crippen molar-refractivity contribution in [2.24, 2.45) is 5.41 Å². The Morgan fingerprint density at radius 2 is 1.95 bits per heavy atom. The molecule has 0 aliphatic rings. The summed E-state index contributed by atoms with van der Waals surface area (Å²) in [6.45, 7) is 6.89. The third-order valence-electron chi connectivity index (χ3n) is 6.05. The van der Waals surface area contributed by atoms with E-state index in [1.54, 1.807) is 55.0 Å². The molecule has 0 saturated carbocycles. The number of benzene rings is 2. The Morgan fingerprint density at radius 1 is 1.10 bits per heavy atom. The number of halogens is 1. The second-order valence-electron chi connectivity index (χ2n) is 10.4. The van der Waals surface area contributed by atoms with Crippen molar-refractivity contribution in [3.8, 4) is 17.8 Å². The molecule has 3 aromatic heterocycles. The summed E-state index contributed by atoms with van der Waals surface area (Å²) in [6, 6.07) is 16.5. The largest absolute Gasteiger partial charge is 0.383 e. The first-order chi connectivity index (χ1) is 19.6. The van der Waals surface area contributed by atoms with Gasteiger partial charge in [0, 0.05) is 30.0 Å². The highest BCUT2D eigenvalue weighted by Gasteiger charge is 2.21. The molecule has 0 aliphatic carbocycles. The second-order valence-corrected chi connectivity index (χ2v) is 10.8. The zero-order valence-electron chi connectivity index (χ0n) is 23.1. The topological polar surface area (TPSA) is 128 Å². The van der Waals surface area contributed by atoms with Gasteiger partial charge in [0.2, 0.25) is 0 Å². The van der Waals surface area contributed by atoms with Gasteiger partial charge >= 0.3 is 0 Å². The van der Waals surface area contributed by atoms with Crippen molar-refractivity contribution in [2.75, 3.05) is 17.2 Å². The van der Waals surface area contributed by atoms with Gasteiger partial charge in [-0.1, -0.05) is 49.7 Å². The summed E-state index contributed by atoms with van der Waals surface area (Å²) >= 11 is 6.72. The summed E-state index contributed by atoms with van der Waals surface area (Å²) in [7, 11) is 0. The third kappa shape index (κ3) is 5.70. The predicted octanol–water partition coefficient (Wildman–Crippen LogP) is 6.27. The van der Waals surface area contributed by atoms with Crippen LogP contribution >= 0.6 is 11.6 Å². The van der Waals surface area contributed by atoms with E-state index in [2.05, 4.69) is 63.8 Å². The van der Waals surface area contributed by atoms with E-state index < -0.39 is 6.02 Å². The normalized spacial score (nSPS) is 13.1. The van der Waals surface area contributed by atoms with Crippen molar-refractivity contribution in [1.82, 2.24) is 25.0 Å². The molecule has 10 heteroatoms. The van der Waals surface area contributed by atoms with Crippen LogP contribution in [0, 0.1) is 28.1 Å². The van der Waals surface area contributed by atoms with E-state index in [0.717, 1.165) is 0 Å². The predicted molar refractivity (Wildman–Crippen MR) is 155 cm³/mol. The van der Waals surface area contributed by atoms with Crippen molar-refractivity contribution >= 4 is 33.9 Å². The lowest BCUT2D eigenvalue weighted by molar-refractivity contribution is 0.443. The van der Waals surface area contributed by atoms with Gasteiger partial charge in [0.15, 0.2) is 0 Å². The summed E-state index contributed by atoms with van der Waals surface area (Å²) in [5.41, 5.74) is 3.79. The molecule has 9 nitrogen and oxygen atoms in total. The number of rotatable bonds is 7. The number of nitrogens with one attached hydrogen (secondary N) is 2. The Morgan fingerprint density at radius 3 is 2.67 bits per heavy atom. The maximum Gasteiger partial charge on any atom is 0.110 e. The highest BCUT2D eigenvalue weighted by Crippen LogP contribution is 2.36. The van der Waals surface area contributed by atoms with E-state index in [1.165, 1.54) is 10.9 Å². The zero-order valence-corrected chi connectivity index (χ0v) is 22.9. The van der Waals surface area contributed by atoms with Crippen molar-refractivity contribution in [3.05, 3.63) is 101 Å². The minimum atomic E-state index is -1.68. The van der Waals surface area contributed by atoms with E-state index in [-0.39, 0.29) is 11.1 Å². The quantitative estimate of drug-likeness (QED) is 0.243. The van der Waals surface area contributed by atoms with E-state index in [0.29, 0.717) is 56.2 Å². The molecule has 3 heterocycles. The standard InChI is InChI=1S/C30H26ClN9/c1-30(2,3)18-36-27-21(14-33)15-35-29-24(27)11-22(12-25(29)31)37-28(20-7-4-6-19(10-20)13-32)26-17-40(39-38-26)23-8-5-9-34-16-23/h4-12,15-17,28,37H,18H2,1-3H3,(H,35,36)/t28-/m0/s1/i28D. The number of hydrogen-bond donors (Lipinski definition) is 2. The van der Waals surface area contributed by atoms with Crippen LogP contribution in [0.2, 0.25) is 5.02 Å². The van der Waals surface area contributed by atoms with Crippen LogP contribution in [-0.4, -0.2) is 31.5 Å². The average Bonchev–Trinajstić information content (AvgIpc) is 3.47. The molecule has 5 aromatic rings. The number of aromatic nitrogens is 5. The van der Waals surface area contributed by atoms with Crippen LogP contribution in [0.1, 0.15) is 50.5 Å². The highest BCUT2D eigenvalue weighted by atomic mass is 35.5. The lowest BCUT2D eigenvalue weighted by Crippen LogP contribution is -2.20. The first-order valence-corrected chi connectivity index (χ1v) is 12.9. The van der Waals surface area contributed by atoms with Crippen molar-refractivity contribution in [3.63, 3.8) is 0 Å². The summed E-state index contributed by atoms with van der Waals surface area (Å²) in [5, 5.41) is 35.6. The maximum atomic E-state index is 9.82. The Labute approximate surface area is 238 Å². The molecule has 40 heavy (non-hydrogen) atoms. The molecule has 0 fully saturated rings. The first-order valence-electron chi connectivity index (χ1n) is 13.0. The summed E-state index contributed by atoms with van der Waals surface area (Å²) in [5.74, 6) is 0. The molecular formula is C30H26ClN9. The molecular weight excluding hydrogens is 522 g/mol. The van der Waals surface area contributed by atoms with Crippen LogP contribution in [0.25, 0.3) is 16.6 Å². The van der Waals surface area contributed by atoms with Gasteiger partial charge in [-0.3, -0.25) is 9.97 Å². The SMILES string of the molecule is [2H][C@](Nc1cc(Cl)c2ncc(C#N)c(NCC(C)(C)C)c2c1)(c1cccc(C#N)c1)c1cn(-c2cccnc2)nn1. The monoisotopic (exact) mass is 548 g/mol. The van der Waals surface area contributed by atoms with Gasteiger partial charge in [0.05, 0.1) is 58.9 Å². The molecule has 5 rings (SSSR count). The number of anilines is 2. The fourth-order valence-corrected chi connectivity index (χ4v) is 4.40. The van der Waals surface area contributed by atoms with E-state index >= 15 is 0 Å². The number of nitriles is 2. The summed E-state index contributed by atoms with van der Waals surface area (Å²) < 4.78 is 11.2. The van der Waals surface area contributed by atoms with Crippen molar-refractivity contribution in [1.29, 1.82) is 10.5 Å². The molecule has 0 unspecified atom stereocenters. The van der Waals surface area contributed by atoms with Crippen molar-refractivity contribution in [2.45, 2.75) is 26.8 Å². The molecule has 198 valence electrons. The van der Waals surface area contributed by atoms with Crippen LogP contribution in [-0.2, 0) is 0 Å². The Hall–Kier alpha value is -4.99. The van der Waals surface area contributed by atoms with E-state index in [4.69, 9.17) is 11.6 Å². The molecule has 1 atom stereocenters. The zero-order chi connectivity index (χ0) is 29.2. The molecule has 2 N–H and O–H groups in total. The fourth-order valence-electron chi connectivity index (χ4n) is 4.13. The lowest BCUT2D eigenvalue weighted by atomic mass is 9.96. The number of pyridine rings is 2. The van der Waals surface area contributed by atoms with Crippen LogP contribution < -0.4 is 10.6 Å². The number of fused-ring (bicyclic) bond motifs is 1. The van der Waals surface area contributed by atoms with Gasteiger partial charge in [-0.15, -0.1) is 5.10 Å².